The van der Waals surface area contributed by atoms with Gasteiger partial charge in [-0.3, -0.25) is 9.69 Å². The van der Waals surface area contributed by atoms with Crippen molar-refractivity contribution in [1.29, 1.82) is 0 Å². The zero-order chi connectivity index (χ0) is 19.9. The van der Waals surface area contributed by atoms with E-state index in [1.807, 2.05) is 66.5 Å². The van der Waals surface area contributed by atoms with Crippen LogP contribution >= 0.6 is 11.3 Å². The summed E-state index contributed by atoms with van der Waals surface area (Å²) in [5.74, 6) is 0.800. The normalized spacial score (nSPS) is 12.0. The predicted molar refractivity (Wildman–Crippen MR) is 115 cm³/mol. The van der Waals surface area contributed by atoms with Crippen LogP contribution in [0.15, 0.2) is 66.0 Å². The molecule has 4 nitrogen and oxygen atoms in total. The van der Waals surface area contributed by atoms with Gasteiger partial charge in [-0.2, -0.15) is 0 Å². The Morgan fingerprint density at radius 1 is 1.07 bits per heavy atom. The maximum Gasteiger partial charge on any atom is 0.234 e. The van der Waals surface area contributed by atoms with E-state index in [1.165, 1.54) is 10.4 Å². The molecular formula is C23H26N2O2S. The van der Waals surface area contributed by atoms with E-state index < -0.39 is 0 Å². The molecule has 1 aromatic heterocycles. The second-order valence-electron chi connectivity index (χ2n) is 6.88. The minimum atomic E-state index is -0.198. The van der Waals surface area contributed by atoms with E-state index in [1.54, 1.807) is 18.4 Å². The number of hydrogen-bond donors (Lipinski definition) is 1. The van der Waals surface area contributed by atoms with Crippen molar-refractivity contribution in [3.63, 3.8) is 0 Å². The monoisotopic (exact) mass is 394 g/mol. The number of ether oxygens (including phenoxy) is 1. The molecule has 0 unspecified atom stereocenters. The van der Waals surface area contributed by atoms with Crippen molar-refractivity contribution in [2.24, 2.45) is 0 Å². The van der Waals surface area contributed by atoms with Crippen LogP contribution in [0.1, 0.15) is 27.6 Å². The van der Waals surface area contributed by atoms with Crippen LogP contribution in [0.3, 0.4) is 0 Å². The van der Waals surface area contributed by atoms with Crippen molar-refractivity contribution < 1.29 is 9.53 Å². The number of hydrogen-bond acceptors (Lipinski definition) is 4. The first-order chi connectivity index (χ1) is 13.6. The maximum atomic E-state index is 12.8. The molecular weight excluding hydrogens is 368 g/mol. The van der Waals surface area contributed by atoms with Gasteiger partial charge < -0.3 is 10.1 Å². The number of nitrogens with zero attached hydrogens (tertiary/aromatic N) is 1. The van der Waals surface area contributed by atoms with E-state index in [0.717, 1.165) is 23.4 Å². The van der Waals surface area contributed by atoms with Gasteiger partial charge in [0.2, 0.25) is 5.91 Å². The van der Waals surface area contributed by atoms with Gasteiger partial charge >= 0.3 is 0 Å². The highest BCUT2D eigenvalue weighted by Gasteiger charge is 2.18. The molecule has 0 saturated heterocycles. The zero-order valence-corrected chi connectivity index (χ0v) is 17.3. The first kappa shape index (κ1) is 20.1. The minimum Gasteiger partial charge on any atom is -0.497 e. The lowest BCUT2D eigenvalue weighted by Gasteiger charge is -2.22. The highest BCUT2D eigenvalue weighted by Crippen LogP contribution is 2.24. The predicted octanol–water partition coefficient (Wildman–Crippen LogP) is 4.40. The Hall–Kier alpha value is -2.63. The highest BCUT2D eigenvalue weighted by molar-refractivity contribution is 7.10. The average Bonchev–Trinajstić information content (AvgIpc) is 3.11. The van der Waals surface area contributed by atoms with Crippen LogP contribution in [-0.2, 0) is 11.3 Å². The van der Waals surface area contributed by atoms with Crippen LogP contribution < -0.4 is 10.1 Å². The Labute approximate surface area is 170 Å². The molecule has 0 radical (unpaired) electrons. The van der Waals surface area contributed by atoms with Gasteiger partial charge in [0, 0.05) is 11.4 Å². The molecule has 1 N–H and O–H groups in total. The van der Waals surface area contributed by atoms with E-state index in [-0.39, 0.29) is 11.9 Å². The quantitative estimate of drug-likeness (QED) is 0.616. The van der Waals surface area contributed by atoms with Crippen molar-refractivity contribution in [1.82, 2.24) is 10.2 Å². The lowest BCUT2D eigenvalue weighted by molar-refractivity contribution is -0.122. The fraction of sp³-hybridized carbons (Fsp3) is 0.261. The van der Waals surface area contributed by atoms with Gasteiger partial charge in [0.05, 0.1) is 19.7 Å². The highest BCUT2D eigenvalue weighted by atomic mass is 32.1. The summed E-state index contributed by atoms with van der Waals surface area (Å²) in [4.78, 5) is 16.1. The number of carbonyl (C=O) groups excluding carboxylic acids is 1. The molecule has 5 heteroatoms. The van der Waals surface area contributed by atoms with E-state index in [0.29, 0.717) is 6.54 Å². The number of thiophene rings is 1. The smallest absolute Gasteiger partial charge is 0.234 e. The Bertz CT molecular complexity index is 890. The molecule has 0 saturated carbocycles. The molecule has 1 heterocycles. The first-order valence-electron chi connectivity index (χ1n) is 9.26. The first-order valence-corrected chi connectivity index (χ1v) is 10.1. The van der Waals surface area contributed by atoms with Gasteiger partial charge in [-0.25, -0.2) is 0 Å². The summed E-state index contributed by atoms with van der Waals surface area (Å²) in [5.41, 5.74) is 3.35. The second kappa shape index (κ2) is 9.53. The molecule has 3 aromatic rings. The summed E-state index contributed by atoms with van der Waals surface area (Å²) in [7, 11) is 3.63. The van der Waals surface area contributed by atoms with Gasteiger partial charge in [-0.05, 0) is 54.2 Å². The molecule has 2 aromatic carbocycles. The zero-order valence-electron chi connectivity index (χ0n) is 16.5. The molecule has 0 spiro atoms. The van der Waals surface area contributed by atoms with Gasteiger partial charge in [0.25, 0.3) is 0 Å². The van der Waals surface area contributed by atoms with Crippen molar-refractivity contribution >= 4 is 17.2 Å². The Morgan fingerprint density at radius 3 is 2.36 bits per heavy atom. The Morgan fingerprint density at radius 2 is 1.75 bits per heavy atom. The third-order valence-electron chi connectivity index (χ3n) is 4.68. The van der Waals surface area contributed by atoms with E-state index in [9.17, 15) is 4.79 Å². The van der Waals surface area contributed by atoms with Crippen LogP contribution in [0.4, 0.5) is 0 Å². The lowest BCUT2D eigenvalue weighted by Crippen LogP contribution is -2.37. The Kier molecular flexibility index (Phi) is 6.85. The third-order valence-corrected chi connectivity index (χ3v) is 5.69. The molecule has 3 rings (SSSR count). The summed E-state index contributed by atoms with van der Waals surface area (Å²) in [6.07, 6.45) is 0. The SMILES string of the molecule is COc1ccc([C@H](NC(=O)CN(C)Cc2sccc2C)c2ccccc2)cc1. The summed E-state index contributed by atoms with van der Waals surface area (Å²) >= 11 is 1.73. The van der Waals surface area contributed by atoms with Gasteiger partial charge in [0.15, 0.2) is 0 Å². The van der Waals surface area contributed by atoms with Crippen LogP contribution in [0, 0.1) is 6.92 Å². The fourth-order valence-electron chi connectivity index (χ4n) is 3.12. The van der Waals surface area contributed by atoms with E-state index in [4.69, 9.17) is 4.74 Å². The van der Waals surface area contributed by atoms with Crippen molar-refractivity contribution in [2.75, 3.05) is 20.7 Å². The third kappa shape index (κ3) is 5.21. The number of benzene rings is 2. The molecule has 0 fully saturated rings. The molecule has 28 heavy (non-hydrogen) atoms. The standard InChI is InChI=1S/C23H26N2O2S/c1-17-13-14-28-21(17)15-25(2)16-22(26)24-23(18-7-5-4-6-8-18)19-9-11-20(27-3)12-10-19/h4-14,23H,15-16H2,1-3H3,(H,24,26)/t23-/m1/s1. The fourth-order valence-corrected chi connectivity index (χ4v) is 4.11. The van der Waals surface area contributed by atoms with E-state index in [2.05, 4.69) is 23.7 Å². The maximum absolute atomic E-state index is 12.8. The summed E-state index contributed by atoms with van der Waals surface area (Å²) in [5, 5.41) is 5.29. The van der Waals surface area contributed by atoms with Crippen molar-refractivity contribution in [3.8, 4) is 5.75 Å². The minimum absolute atomic E-state index is 0.00128. The number of amides is 1. The van der Waals surface area contributed by atoms with E-state index >= 15 is 0 Å². The van der Waals surface area contributed by atoms with Crippen LogP contribution in [0.25, 0.3) is 0 Å². The van der Waals surface area contributed by atoms with Crippen molar-refractivity contribution in [2.45, 2.75) is 19.5 Å². The molecule has 1 amide bonds. The van der Waals surface area contributed by atoms with Gasteiger partial charge in [-0.15, -0.1) is 11.3 Å². The van der Waals surface area contributed by atoms with Crippen LogP contribution in [-0.4, -0.2) is 31.5 Å². The number of rotatable bonds is 8. The molecule has 0 bridgehead atoms. The van der Waals surface area contributed by atoms with Crippen LogP contribution in [0.5, 0.6) is 5.75 Å². The number of aryl methyl sites for hydroxylation is 1. The van der Waals surface area contributed by atoms with Crippen molar-refractivity contribution in [3.05, 3.63) is 87.6 Å². The van der Waals surface area contributed by atoms with Gasteiger partial charge in [-0.1, -0.05) is 42.5 Å². The Balaban J connectivity index is 1.71. The number of nitrogens with one attached hydrogen (secondary N) is 1. The largest absolute Gasteiger partial charge is 0.497 e. The topological polar surface area (TPSA) is 41.6 Å². The molecule has 0 aliphatic rings. The summed E-state index contributed by atoms with van der Waals surface area (Å²) < 4.78 is 5.25. The number of carbonyl (C=O) groups is 1. The van der Waals surface area contributed by atoms with Crippen LogP contribution in [0.2, 0.25) is 0 Å². The molecule has 146 valence electrons. The number of methoxy groups -OCH3 is 1. The molecule has 1 atom stereocenters. The lowest BCUT2D eigenvalue weighted by atomic mass is 9.98. The molecule has 0 aliphatic carbocycles. The van der Waals surface area contributed by atoms with Gasteiger partial charge in [0.1, 0.15) is 5.75 Å². The summed E-state index contributed by atoms with van der Waals surface area (Å²) in [6.45, 7) is 3.22. The number of likely N-dealkylation sites (N-methyl/N-ethyl adjacent to an activating group) is 1. The average molecular weight is 395 g/mol. The second-order valence-corrected chi connectivity index (χ2v) is 7.88. The summed E-state index contributed by atoms with van der Waals surface area (Å²) in [6, 6.07) is 19.8. The molecule has 0 aliphatic heterocycles.